The monoisotopic (exact) mass is 427 g/mol. The van der Waals surface area contributed by atoms with Gasteiger partial charge in [-0.05, 0) is 35.9 Å². The SMILES string of the molecule is COc1ccc(CNC(=O)CN2C(=O)c3ccccc3N3C(=O)c4ccccc4[C@H]23)cc1. The highest BCUT2D eigenvalue weighted by molar-refractivity contribution is 6.17. The number of nitrogens with one attached hydrogen (secondary N) is 1. The summed E-state index contributed by atoms with van der Waals surface area (Å²) in [6.45, 7) is 0.164. The standard InChI is InChI=1S/C25H21N3O4/c1-32-17-12-10-16(11-13-17)14-26-22(29)15-27-23-18-6-2-3-7-19(18)25(31)28(23)21-9-5-4-8-20(21)24(27)30/h2-13,23H,14-15H2,1H3,(H,26,29)/t23-/m1/s1. The summed E-state index contributed by atoms with van der Waals surface area (Å²) < 4.78 is 5.15. The minimum Gasteiger partial charge on any atom is -0.497 e. The molecule has 0 fully saturated rings. The fourth-order valence-electron chi connectivity index (χ4n) is 4.29. The van der Waals surface area contributed by atoms with Crippen molar-refractivity contribution in [3.8, 4) is 5.75 Å². The molecule has 0 spiro atoms. The van der Waals surface area contributed by atoms with Crippen LogP contribution in [0, 0.1) is 0 Å². The van der Waals surface area contributed by atoms with Crippen LogP contribution in [0.2, 0.25) is 0 Å². The fourth-order valence-corrected chi connectivity index (χ4v) is 4.29. The molecule has 3 amide bonds. The van der Waals surface area contributed by atoms with E-state index in [9.17, 15) is 14.4 Å². The van der Waals surface area contributed by atoms with E-state index in [1.165, 1.54) is 4.90 Å². The summed E-state index contributed by atoms with van der Waals surface area (Å²) in [7, 11) is 1.60. The molecule has 7 nitrogen and oxygen atoms in total. The second kappa shape index (κ2) is 7.85. The molecule has 0 saturated heterocycles. The first kappa shape index (κ1) is 19.8. The number of rotatable bonds is 5. The van der Waals surface area contributed by atoms with Crippen LogP contribution in [0.15, 0.2) is 72.8 Å². The number of nitrogens with zero attached hydrogens (tertiary/aromatic N) is 2. The highest BCUT2D eigenvalue weighted by Crippen LogP contribution is 2.44. The molecule has 0 saturated carbocycles. The third-order valence-corrected chi connectivity index (χ3v) is 5.85. The normalized spacial score (nSPS) is 16.3. The molecule has 7 heteroatoms. The number of ether oxygens (including phenoxy) is 1. The molecular formula is C25H21N3O4. The van der Waals surface area contributed by atoms with Gasteiger partial charge >= 0.3 is 0 Å². The van der Waals surface area contributed by atoms with Gasteiger partial charge in [0.25, 0.3) is 11.8 Å². The molecule has 5 rings (SSSR count). The first-order valence-corrected chi connectivity index (χ1v) is 10.3. The Morgan fingerprint density at radius 2 is 1.59 bits per heavy atom. The molecule has 2 heterocycles. The van der Waals surface area contributed by atoms with Crippen LogP contribution in [0.5, 0.6) is 5.75 Å². The lowest BCUT2D eigenvalue weighted by Gasteiger charge is -2.40. The number of fused-ring (bicyclic) bond motifs is 5. The van der Waals surface area contributed by atoms with Gasteiger partial charge in [-0.15, -0.1) is 0 Å². The predicted molar refractivity (Wildman–Crippen MR) is 118 cm³/mol. The Morgan fingerprint density at radius 3 is 2.34 bits per heavy atom. The molecule has 0 radical (unpaired) electrons. The van der Waals surface area contributed by atoms with Crippen LogP contribution in [0.3, 0.4) is 0 Å². The summed E-state index contributed by atoms with van der Waals surface area (Å²) in [5.41, 5.74) is 3.16. The van der Waals surface area contributed by atoms with E-state index in [4.69, 9.17) is 4.74 Å². The average molecular weight is 427 g/mol. The van der Waals surface area contributed by atoms with Gasteiger partial charge in [0.05, 0.1) is 18.4 Å². The van der Waals surface area contributed by atoms with Crippen molar-refractivity contribution in [1.29, 1.82) is 0 Å². The van der Waals surface area contributed by atoms with Gasteiger partial charge in [-0.25, -0.2) is 0 Å². The van der Waals surface area contributed by atoms with Crippen LogP contribution in [0.1, 0.15) is 38.0 Å². The smallest absolute Gasteiger partial charge is 0.260 e. The summed E-state index contributed by atoms with van der Waals surface area (Å²) >= 11 is 0. The van der Waals surface area contributed by atoms with Crippen LogP contribution >= 0.6 is 0 Å². The van der Waals surface area contributed by atoms with Crippen molar-refractivity contribution in [2.24, 2.45) is 0 Å². The van der Waals surface area contributed by atoms with Crippen LogP contribution in [-0.4, -0.2) is 36.3 Å². The minimum absolute atomic E-state index is 0.161. The predicted octanol–water partition coefficient (Wildman–Crippen LogP) is 3.13. The lowest BCUT2D eigenvalue weighted by molar-refractivity contribution is -0.122. The maximum atomic E-state index is 13.4. The average Bonchev–Trinajstić information content (AvgIpc) is 3.13. The first-order valence-electron chi connectivity index (χ1n) is 10.3. The van der Waals surface area contributed by atoms with E-state index in [0.29, 0.717) is 23.4 Å². The molecule has 1 N–H and O–H groups in total. The molecule has 0 aliphatic carbocycles. The largest absolute Gasteiger partial charge is 0.497 e. The molecule has 3 aromatic rings. The third kappa shape index (κ3) is 3.19. The molecule has 3 aromatic carbocycles. The lowest BCUT2D eigenvalue weighted by Crippen LogP contribution is -2.51. The Bertz CT molecular complexity index is 1220. The summed E-state index contributed by atoms with van der Waals surface area (Å²) in [5, 5.41) is 2.87. The molecule has 1 atom stereocenters. The van der Waals surface area contributed by atoms with Crippen molar-refractivity contribution in [1.82, 2.24) is 10.2 Å². The summed E-state index contributed by atoms with van der Waals surface area (Å²) in [6, 6.07) is 21.6. The zero-order valence-electron chi connectivity index (χ0n) is 17.4. The topological polar surface area (TPSA) is 79.0 Å². The van der Waals surface area contributed by atoms with E-state index in [-0.39, 0.29) is 24.3 Å². The van der Waals surface area contributed by atoms with E-state index >= 15 is 0 Å². The van der Waals surface area contributed by atoms with E-state index in [0.717, 1.165) is 16.9 Å². The lowest BCUT2D eigenvalue weighted by atomic mass is 10.0. The molecule has 0 aromatic heterocycles. The van der Waals surface area contributed by atoms with Gasteiger partial charge in [-0.1, -0.05) is 42.5 Å². The van der Waals surface area contributed by atoms with Gasteiger partial charge in [-0.2, -0.15) is 0 Å². The number of carbonyl (C=O) groups excluding carboxylic acids is 3. The van der Waals surface area contributed by atoms with Gasteiger partial charge in [-0.3, -0.25) is 19.3 Å². The van der Waals surface area contributed by atoms with Crippen molar-refractivity contribution in [2.45, 2.75) is 12.7 Å². The van der Waals surface area contributed by atoms with Crippen LogP contribution in [-0.2, 0) is 11.3 Å². The zero-order chi connectivity index (χ0) is 22.2. The highest BCUT2D eigenvalue weighted by atomic mass is 16.5. The van der Waals surface area contributed by atoms with Gasteiger partial charge < -0.3 is 15.0 Å². The quantitative estimate of drug-likeness (QED) is 0.679. The van der Waals surface area contributed by atoms with Crippen molar-refractivity contribution in [3.05, 3.63) is 95.1 Å². The van der Waals surface area contributed by atoms with Gasteiger partial charge in [0.1, 0.15) is 18.5 Å². The number of benzene rings is 3. The first-order chi connectivity index (χ1) is 15.6. The van der Waals surface area contributed by atoms with Crippen LogP contribution in [0.4, 0.5) is 5.69 Å². The Kier molecular flexibility index (Phi) is 4.86. The van der Waals surface area contributed by atoms with Gasteiger partial charge in [0, 0.05) is 17.7 Å². The summed E-state index contributed by atoms with van der Waals surface area (Å²) in [5.74, 6) is -0.00668. The molecule has 2 aliphatic heterocycles. The van der Waals surface area contributed by atoms with Crippen molar-refractivity contribution in [3.63, 3.8) is 0 Å². The number of anilines is 1. The molecule has 2 aliphatic rings. The Morgan fingerprint density at radius 1 is 0.906 bits per heavy atom. The maximum absolute atomic E-state index is 13.4. The van der Waals surface area contributed by atoms with Gasteiger partial charge in [0.15, 0.2) is 0 Å². The van der Waals surface area contributed by atoms with E-state index in [2.05, 4.69) is 5.32 Å². The fraction of sp³-hybridized carbons (Fsp3) is 0.160. The van der Waals surface area contributed by atoms with Crippen molar-refractivity contribution < 1.29 is 19.1 Å². The number of hydrogen-bond donors (Lipinski definition) is 1. The van der Waals surface area contributed by atoms with Crippen molar-refractivity contribution in [2.75, 3.05) is 18.6 Å². The zero-order valence-corrected chi connectivity index (χ0v) is 17.4. The molecule has 32 heavy (non-hydrogen) atoms. The number of hydrogen-bond acceptors (Lipinski definition) is 4. The number of amides is 3. The van der Waals surface area contributed by atoms with E-state index < -0.39 is 6.17 Å². The van der Waals surface area contributed by atoms with Gasteiger partial charge in [0.2, 0.25) is 5.91 Å². The second-order valence-corrected chi connectivity index (χ2v) is 7.71. The molecule has 0 bridgehead atoms. The Labute approximate surface area is 185 Å². The number of carbonyl (C=O) groups is 3. The summed E-state index contributed by atoms with van der Waals surface area (Å²) in [6.07, 6.45) is -0.646. The maximum Gasteiger partial charge on any atom is 0.260 e. The number of para-hydroxylation sites is 1. The third-order valence-electron chi connectivity index (χ3n) is 5.85. The number of methoxy groups -OCH3 is 1. The molecule has 160 valence electrons. The van der Waals surface area contributed by atoms with Crippen LogP contribution < -0.4 is 15.0 Å². The second-order valence-electron chi connectivity index (χ2n) is 7.71. The summed E-state index contributed by atoms with van der Waals surface area (Å²) in [4.78, 5) is 42.4. The highest BCUT2D eigenvalue weighted by Gasteiger charge is 2.47. The molecular weight excluding hydrogens is 406 g/mol. The molecule has 0 unspecified atom stereocenters. The Balaban J connectivity index is 1.42. The van der Waals surface area contributed by atoms with E-state index in [1.807, 2.05) is 36.4 Å². The van der Waals surface area contributed by atoms with E-state index in [1.54, 1.807) is 48.4 Å². The van der Waals surface area contributed by atoms with Crippen LogP contribution in [0.25, 0.3) is 0 Å². The van der Waals surface area contributed by atoms with Crippen molar-refractivity contribution >= 4 is 23.4 Å². The minimum atomic E-state index is -0.646. The Hall–Kier alpha value is -4.13.